The number of nitrogens with one attached hydrogen (secondary N) is 2. The Kier molecular flexibility index (Phi) is 2.08. The highest BCUT2D eigenvalue weighted by Gasteiger charge is 2.19. The maximum absolute atomic E-state index is 6.04. The van der Waals surface area contributed by atoms with Gasteiger partial charge in [0, 0.05) is 29.7 Å². The fourth-order valence-corrected chi connectivity index (χ4v) is 2.15. The predicted octanol–water partition coefficient (Wildman–Crippen LogP) is 2.15. The third kappa shape index (κ3) is 1.54. The zero-order valence-electron chi connectivity index (χ0n) is 9.33. The van der Waals surface area contributed by atoms with Gasteiger partial charge in [0.25, 0.3) is 0 Å². The van der Waals surface area contributed by atoms with Gasteiger partial charge in [-0.15, -0.1) is 0 Å². The van der Waals surface area contributed by atoms with Gasteiger partial charge < -0.3 is 21.8 Å². The van der Waals surface area contributed by atoms with Crippen molar-refractivity contribution in [2.24, 2.45) is 0 Å². The number of rotatable bonds is 1. The molecule has 0 aliphatic carbocycles. The number of aromatic amines is 1. The van der Waals surface area contributed by atoms with Gasteiger partial charge >= 0.3 is 0 Å². The summed E-state index contributed by atoms with van der Waals surface area (Å²) in [6.07, 6.45) is 3.99. The van der Waals surface area contributed by atoms with Crippen LogP contribution in [0.25, 0.3) is 11.6 Å². The minimum Gasteiger partial charge on any atom is -0.397 e. The Morgan fingerprint density at radius 3 is 2.82 bits per heavy atom. The third-order valence-electron chi connectivity index (χ3n) is 3.02. The van der Waals surface area contributed by atoms with Gasteiger partial charge in [0.1, 0.15) is 0 Å². The Hall–Kier alpha value is -2.36. The van der Waals surface area contributed by atoms with Crippen LogP contribution in [0.2, 0.25) is 0 Å². The quantitative estimate of drug-likeness (QED) is 0.562. The van der Waals surface area contributed by atoms with E-state index in [9.17, 15) is 0 Å². The van der Waals surface area contributed by atoms with Crippen LogP contribution in [0, 0.1) is 0 Å². The highest BCUT2D eigenvalue weighted by atomic mass is 14.9. The van der Waals surface area contributed by atoms with Gasteiger partial charge in [-0.05, 0) is 35.9 Å². The highest BCUT2D eigenvalue weighted by molar-refractivity contribution is 5.99. The van der Waals surface area contributed by atoms with E-state index in [2.05, 4.69) is 16.4 Å². The van der Waals surface area contributed by atoms with E-state index in [1.54, 1.807) is 0 Å². The SMILES string of the molecule is Nc1ccc2c(c1N)/C(=C/c1ccc[nH]1)CN2. The van der Waals surface area contributed by atoms with Crippen molar-refractivity contribution in [3.63, 3.8) is 0 Å². The molecule has 17 heavy (non-hydrogen) atoms. The zero-order chi connectivity index (χ0) is 11.8. The molecule has 0 spiro atoms. The highest BCUT2D eigenvalue weighted by Crippen LogP contribution is 2.38. The summed E-state index contributed by atoms with van der Waals surface area (Å²) in [5, 5.41) is 3.31. The first-order valence-electron chi connectivity index (χ1n) is 5.52. The molecular formula is C13H14N4. The summed E-state index contributed by atoms with van der Waals surface area (Å²) in [5.74, 6) is 0. The summed E-state index contributed by atoms with van der Waals surface area (Å²) in [6.45, 7) is 0.780. The summed E-state index contributed by atoms with van der Waals surface area (Å²) < 4.78 is 0. The lowest BCUT2D eigenvalue weighted by molar-refractivity contribution is 1.37. The van der Waals surface area contributed by atoms with Crippen LogP contribution in [0.15, 0.2) is 30.5 Å². The molecule has 86 valence electrons. The summed E-state index contributed by atoms with van der Waals surface area (Å²) in [6, 6.07) is 7.79. The molecule has 1 aliphatic rings. The second-order valence-corrected chi connectivity index (χ2v) is 4.14. The van der Waals surface area contributed by atoms with Crippen LogP contribution < -0.4 is 16.8 Å². The normalized spacial score (nSPS) is 15.9. The fourth-order valence-electron chi connectivity index (χ4n) is 2.15. The Morgan fingerprint density at radius 1 is 1.18 bits per heavy atom. The summed E-state index contributed by atoms with van der Waals surface area (Å²) in [7, 11) is 0. The van der Waals surface area contributed by atoms with Crippen LogP contribution in [0.3, 0.4) is 0 Å². The molecule has 0 saturated carbocycles. The van der Waals surface area contributed by atoms with E-state index >= 15 is 0 Å². The standard InChI is InChI=1S/C13H14N4/c14-10-3-4-11-12(13(10)15)8(7-17-11)6-9-2-1-5-16-9/h1-6,16-17H,7,14-15H2/b8-6+. The second kappa shape index (κ2) is 3.59. The Balaban J connectivity index is 2.12. The number of hydrogen-bond acceptors (Lipinski definition) is 3. The van der Waals surface area contributed by atoms with Gasteiger partial charge in [-0.2, -0.15) is 0 Å². The molecule has 1 aromatic heterocycles. The molecule has 0 atom stereocenters. The lowest BCUT2D eigenvalue weighted by Crippen LogP contribution is -1.97. The number of aromatic nitrogens is 1. The van der Waals surface area contributed by atoms with E-state index in [-0.39, 0.29) is 0 Å². The van der Waals surface area contributed by atoms with Crippen LogP contribution in [0.4, 0.5) is 17.1 Å². The van der Waals surface area contributed by atoms with Gasteiger partial charge in [-0.3, -0.25) is 0 Å². The van der Waals surface area contributed by atoms with Gasteiger partial charge in [-0.25, -0.2) is 0 Å². The van der Waals surface area contributed by atoms with Crippen LogP contribution in [-0.2, 0) is 0 Å². The van der Waals surface area contributed by atoms with Crippen LogP contribution in [0.1, 0.15) is 11.3 Å². The first kappa shape index (κ1) is 9.84. The van der Waals surface area contributed by atoms with Crippen molar-refractivity contribution in [2.45, 2.75) is 0 Å². The van der Waals surface area contributed by atoms with Gasteiger partial charge in [0.05, 0.1) is 11.4 Å². The monoisotopic (exact) mass is 226 g/mol. The molecule has 0 radical (unpaired) electrons. The molecule has 2 heterocycles. The van der Waals surface area contributed by atoms with E-state index in [4.69, 9.17) is 11.5 Å². The lowest BCUT2D eigenvalue weighted by atomic mass is 10.0. The summed E-state index contributed by atoms with van der Waals surface area (Å²) in [4.78, 5) is 3.15. The number of H-pyrrole nitrogens is 1. The van der Waals surface area contributed by atoms with E-state index in [0.717, 1.165) is 29.1 Å². The minimum atomic E-state index is 0.629. The number of benzene rings is 1. The van der Waals surface area contributed by atoms with Crippen molar-refractivity contribution in [1.29, 1.82) is 0 Å². The van der Waals surface area contributed by atoms with Crippen LogP contribution in [0.5, 0.6) is 0 Å². The van der Waals surface area contributed by atoms with E-state index in [0.29, 0.717) is 11.4 Å². The van der Waals surface area contributed by atoms with Crippen molar-refractivity contribution in [1.82, 2.24) is 4.98 Å². The van der Waals surface area contributed by atoms with E-state index in [1.165, 1.54) is 0 Å². The van der Waals surface area contributed by atoms with Gasteiger partial charge in [-0.1, -0.05) is 0 Å². The van der Waals surface area contributed by atoms with Crippen LogP contribution in [-0.4, -0.2) is 11.5 Å². The molecule has 1 aromatic carbocycles. The van der Waals surface area contributed by atoms with Crippen molar-refractivity contribution in [3.05, 3.63) is 41.7 Å². The Labute approximate surface area is 99.3 Å². The molecule has 0 bridgehead atoms. The molecule has 4 heteroatoms. The number of nitrogen functional groups attached to an aromatic ring is 2. The lowest BCUT2D eigenvalue weighted by Gasteiger charge is -2.07. The average molecular weight is 226 g/mol. The van der Waals surface area contributed by atoms with Crippen LogP contribution >= 0.6 is 0 Å². The Bertz CT molecular complexity index is 582. The molecule has 6 N–H and O–H groups in total. The second-order valence-electron chi connectivity index (χ2n) is 4.14. The number of hydrogen-bond donors (Lipinski definition) is 4. The average Bonchev–Trinajstić information content (AvgIpc) is 2.94. The molecule has 1 aliphatic heterocycles. The molecule has 2 aromatic rings. The van der Waals surface area contributed by atoms with Gasteiger partial charge in [0.2, 0.25) is 0 Å². The molecule has 3 rings (SSSR count). The molecule has 0 fully saturated rings. The maximum atomic E-state index is 6.04. The Morgan fingerprint density at radius 2 is 2.06 bits per heavy atom. The molecule has 0 amide bonds. The van der Waals surface area contributed by atoms with E-state index in [1.807, 2.05) is 30.5 Å². The maximum Gasteiger partial charge on any atom is 0.0645 e. The predicted molar refractivity (Wildman–Crippen MR) is 72.4 cm³/mol. The fraction of sp³-hybridized carbons (Fsp3) is 0.0769. The first-order chi connectivity index (χ1) is 8.25. The number of anilines is 3. The first-order valence-corrected chi connectivity index (χ1v) is 5.52. The summed E-state index contributed by atoms with van der Waals surface area (Å²) >= 11 is 0. The number of fused-ring (bicyclic) bond motifs is 1. The molecule has 0 unspecified atom stereocenters. The molecular weight excluding hydrogens is 212 g/mol. The van der Waals surface area contributed by atoms with Crippen molar-refractivity contribution in [2.75, 3.05) is 23.3 Å². The minimum absolute atomic E-state index is 0.629. The smallest absolute Gasteiger partial charge is 0.0645 e. The van der Waals surface area contributed by atoms with Crippen molar-refractivity contribution in [3.8, 4) is 0 Å². The van der Waals surface area contributed by atoms with E-state index < -0.39 is 0 Å². The largest absolute Gasteiger partial charge is 0.397 e. The summed E-state index contributed by atoms with van der Waals surface area (Å²) in [5.41, 5.74) is 17.5. The van der Waals surface area contributed by atoms with Crippen molar-refractivity contribution < 1.29 is 0 Å². The van der Waals surface area contributed by atoms with Crippen molar-refractivity contribution >= 4 is 28.7 Å². The molecule has 4 nitrogen and oxygen atoms in total. The molecule has 0 saturated heterocycles. The zero-order valence-corrected chi connectivity index (χ0v) is 9.33. The number of nitrogens with two attached hydrogens (primary N) is 2. The third-order valence-corrected chi connectivity index (χ3v) is 3.02. The van der Waals surface area contributed by atoms with Gasteiger partial charge in [0.15, 0.2) is 0 Å². The topological polar surface area (TPSA) is 79.9 Å².